The Bertz CT molecular complexity index is 1190. The molecule has 0 saturated heterocycles. The van der Waals surface area contributed by atoms with Crippen LogP contribution in [0.5, 0.6) is 5.75 Å². The molecule has 0 fully saturated rings. The summed E-state index contributed by atoms with van der Waals surface area (Å²) < 4.78 is 33.7. The van der Waals surface area contributed by atoms with E-state index in [0.717, 1.165) is 32.9 Å². The Balaban J connectivity index is 1.99. The molecule has 1 heterocycles. The molecule has 6 nitrogen and oxygen atoms in total. The summed E-state index contributed by atoms with van der Waals surface area (Å²) in [6.45, 7) is 2.82. The predicted octanol–water partition coefficient (Wildman–Crippen LogP) is 4.09. The van der Waals surface area contributed by atoms with Crippen LogP contribution in [-0.2, 0) is 23.0 Å². The van der Waals surface area contributed by atoms with E-state index in [1.165, 1.54) is 0 Å². The molecule has 0 amide bonds. The molecule has 8 heteroatoms. The van der Waals surface area contributed by atoms with Gasteiger partial charge in [0.05, 0.1) is 18.9 Å². The molecule has 0 aliphatic rings. The van der Waals surface area contributed by atoms with Crippen LogP contribution < -0.4 is 9.46 Å². The molecular weight excluding hydrogens is 468 g/mol. The number of para-hydroxylation sites is 1. The highest BCUT2D eigenvalue weighted by Gasteiger charge is 2.22. The zero-order valence-corrected chi connectivity index (χ0v) is 19.6. The van der Waals surface area contributed by atoms with Gasteiger partial charge in [-0.05, 0) is 31.0 Å². The van der Waals surface area contributed by atoms with E-state index >= 15 is 0 Å². The number of carbonyl (C=O) groups is 1. The van der Waals surface area contributed by atoms with Crippen molar-refractivity contribution in [3.63, 3.8) is 0 Å². The monoisotopic (exact) mass is 492 g/mol. The second-order valence-electron chi connectivity index (χ2n) is 7.18. The number of nitrogens with one attached hydrogen (secondary N) is 1. The summed E-state index contributed by atoms with van der Waals surface area (Å²) in [5, 5.41) is 0.847. The maximum absolute atomic E-state index is 13.3. The summed E-state index contributed by atoms with van der Waals surface area (Å²) in [5.74, 6) is 0.720. The molecule has 3 aromatic rings. The van der Waals surface area contributed by atoms with Gasteiger partial charge in [-0.2, -0.15) is 0 Å². The van der Waals surface area contributed by atoms with E-state index in [4.69, 9.17) is 4.74 Å². The Hall–Kier alpha value is -2.16. The van der Waals surface area contributed by atoms with Gasteiger partial charge < -0.3 is 9.30 Å². The van der Waals surface area contributed by atoms with Gasteiger partial charge in [0.25, 0.3) is 0 Å². The van der Waals surface area contributed by atoms with Gasteiger partial charge in [0.2, 0.25) is 10.0 Å². The molecule has 160 valence electrons. The first-order chi connectivity index (χ1) is 14.2. The number of ether oxygens (including phenoxy) is 1. The minimum atomic E-state index is -3.23. The van der Waals surface area contributed by atoms with Crippen molar-refractivity contribution in [3.8, 4) is 5.75 Å². The molecule has 0 radical (unpaired) electrons. The lowest BCUT2D eigenvalue weighted by atomic mass is 10.0. The number of fused-ring (bicyclic) bond motifs is 1. The van der Waals surface area contributed by atoms with Crippen LogP contribution in [-0.4, -0.2) is 38.7 Å². The lowest BCUT2D eigenvalue weighted by Gasteiger charge is -2.11. The second kappa shape index (κ2) is 9.32. The number of carbonyl (C=O) groups excluding carboxylic acids is 1. The van der Waals surface area contributed by atoms with Gasteiger partial charge in [-0.3, -0.25) is 4.79 Å². The number of Topliss-reactive ketones (excluding diaryl/α,β-unsaturated/α-hetero) is 1. The number of hydrogen-bond donors (Lipinski definition) is 1. The highest BCUT2D eigenvalue weighted by molar-refractivity contribution is 9.10. The maximum Gasteiger partial charge on any atom is 0.208 e. The third kappa shape index (κ3) is 4.94. The molecule has 3 rings (SSSR count). The molecule has 1 N–H and O–H groups in total. The van der Waals surface area contributed by atoms with Crippen molar-refractivity contribution >= 4 is 42.6 Å². The molecular formula is C22H25BrN2O4S. The molecule has 0 aliphatic heterocycles. The van der Waals surface area contributed by atoms with Crippen LogP contribution in [0.3, 0.4) is 0 Å². The van der Waals surface area contributed by atoms with E-state index < -0.39 is 10.0 Å². The first-order valence-electron chi connectivity index (χ1n) is 9.60. The van der Waals surface area contributed by atoms with Crippen molar-refractivity contribution in [3.05, 3.63) is 63.8 Å². The Morgan fingerprint density at radius 1 is 1.17 bits per heavy atom. The maximum atomic E-state index is 13.3. The van der Waals surface area contributed by atoms with Crippen molar-refractivity contribution in [1.82, 2.24) is 9.29 Å². The lowest BCUT2D eigenvalue weighted by molar-refractivity contribution is 0.0993. The number of halogens is 1. The Kier molecular flexibility index (Phi) is 7.00. The molecule has 0 atom stereocenters. The van der Waals surface area contributed by atoms with Crippen molar-refractivity contribution in [2.45, 2.75) is 26.3 Å². The third-order valence-corrected chi connectivity index (χ3v) is 6.54. The normalized spacial score (nSPS) is 11.7. The van der Waals surface area contributed by atoms with E-state index in [9.17, 15) is 13.2 Å². The number of nitrogens with zero attached hydrogens (tertiary/aromatic N) is 1. The van der Waals surface area contributed by atoms with E-state index in [-0.39, 0.29) is 12.2 Å². The topological polar surface area (TPSA) is 77.4 Å². The summed E-state index contributed by atoms with van der Waals surface area (Å²) >= 11 is 3.52. The quantitative estimate of drug-likeness (QED) is 0.360. The fourth-order valence-electron chi connectivity index (χ4n) is 3.69. The fraction of sp³-hybridized carbons (Fsp3) is 0.318. The van der Waals surface area contributed by atoms with Crippen LogP contribution in [0.4, 0.5) is 0 Å². The van der Waals surface area contributed by atoms with Crippen LogP contribution in [0.2, 0.25) is 0 Å². The van der Waals surface area contributed by atoms with Crippen LogP contribution in [0.25, 0.3) is 10.9 Å². The smallest absolute Gasteiger partial charge is 0.208 e. The molecule has 0 unspecified atom stereocenters. The number of aromatic nitrogens is 1. The number of methoxy groups -OCH3 is 1. The van der Waals surface area contributed by atoms with Crippen molar-refractivity contribution in [1.29, 1.82) is 0 Å². The number of sulfonamides is 1. The standard InChI is InChI=1S/C22H25BrN2O4S/c1-15-21(19(26)14-16-8-4-5-10-18(16)23)17-9-6-11-20(29-2)22(17)25(15)13-7-12-24-30(3,27)28/h4-6,8-11,24H,7,12-14H2,1-3H3. The number of benzene rings is 2. The van der Waals surface area contributed by atoms with E-state index in [1.54, 1.807) is 7.11 Å². The van der Waals surface area contributed by atoms with Crippen molar-refractivity contribution in [2.75, 3.05) is 19.9 Å². The van der Waals surface area contributed by atoms with Crippen molar-refractivity contribution < 1.29 is 17.9 Å². The van der Waals surface area contributed by atoms with E-state index in [2.05, 4.69) is 20.7 Å². The molecule has 2 aromatic carbocycles. The fourth-order valence-corrected chi connectivity index (χ4v) is 4.63. The van der Waals surface area contributed by atoms with Crippen molar-refractivity contribution in [2.24, 2.45) is 0 Å². The predicted molar refractivity (Wildman–Crippen MR) is 123 cm³/mol. The summed E-state index contributed by atoms with van der Waals surface area (Å²) in [4.78, 5) is 13.3. The Morgan fingerprint density at radius 2 is 1.90 bits per heavy atom. The van der Waals surface area contributed by atoms with E-state index in [1.807, 2.05) is 54.0 Å². The van der Waals surface area contributed by atoms with Gasteiger partial charge in [0.15, 0.2) is 5.78 Å². The minimum Gasteiger partial charge on any atom is -0.495 e. The second-order valence-corrected chi connectivity index (χ2v) is 9.87. The summed E-state index contributed by atoms with van der Waals surface area (Å²) in [5.41, 5.74) is 3.32. The first kappa shape index (κ1) is 22.5. The van der Waals surface area contributed by atoms with Gasteiger partial charge in [-0.1, -0.05) is 46.3 Å². The molecule has 0 spiro atoms. The number of ketones is 1. The Labute approximate surface area is 185 Å². The molecule has 0 bridgehead atoms. The van der Waals surface area contributed by atoms with Gasteiger partial charge >= 0.3 is 0 Å². The van der Waals surface area contributed by atoms with Crippen LogP contribution in [0.1, 0.15) is 28.0 Å². The van der Waals surface area contributed by atoms with Gasteiger partial charge in [-0.25, -0.2) is 13.1 Å². The average Bonchev–Trinajstić information content (AvgIpc) is 2.97. The largest absolute Gasteiger partial charge is 0.495 e. The SMILES string of the molecule is COc1cccc2c(C(=O)Cc3ccccc3Br)c(C)n(CCCNS(C)(=O)=O)c12. The highest BCUT2D eigenvalue weighted by Crippen LogP contribution is 2.34. The van der Waals surface area contributed by atoms with Gasteiger partial charge in [0, 0.05) is 40.6 Å². The number of hydrogen-bond acceptors (Lipinski definition) is 4. The summed E-state index contributed by atoms with van der Waals surface area (Å²) in [7, 11) is -1.63. The number of rotatable bonds is 9. The average molecular weight is 493 g/mol. The van der Waals surface area contributed by atoms with Gasteiger partial charge in [0.1, 0.15) is 5.75 Å². The van der Waals surface area contributed by atoms with Crippen LogP contribution >= 0.6 is 15.9 Å². The zero-order chi connectivity index (χ0) is 21.9. The third-order valence-electron chi connectivity index (χ3n) is 5.04. The first-order valence-corrected chi connectivity index (χ1v) is 12.3. The summed E-state index contributed by atoms with van der Waals surface area (Å²) in [6, 6.07) is 13.4. The van der Waals surface area contributed by atoms with Crippen LogP contribution in [0.15, 0.2) is 46.9 Å². The molecule has 1 aromatic heterocycles. The van der Waals surface area contributed by atoms with Crippen LogP contribution in [0, 0.1) is 6.92 Å². The highest BCUT2D eigenvalue weighted by atomic mass is 79.9. The molecule has 0 saturated carbocycles. The zero-order valence-electron chi connectivity index (χ0n) is 17.2. The molecule has 0 aliphatic carbocycles. The van der Waals surface area contributed by atoms with E-state index in [0.29, 0.717) is 30.8 Å². The Morgan fingerprint density at radius 3 is 2.57 bits per heavy atom. The lowest BCUT2D eigenvalue weighted by Crippen LogP contribution is -2.24. The summed E-state index contributed by atoms with van der Waals surface area (Å²) in [6.07, 6.45) is 2.02. The van der Waals surface area contributed by atoms with Gasteiger partial charge in [-0.15, -0.1) is 0 Å². The number of aryl methyl sites for hydroxylation is 1. The molecule has 30 heavy (non-hydrogen) atoms. The minimum absolute atomic E-state index is 0.0330.